The highest BCUT2D eigenvalue weighted by Gasteiger charge is 2.21. The first-order valence-corrected chi connectivity index (χ1v) is 8.05. The van der Waals surface area contributed by atoms with Gasteiger partial charge in [-0.05, 0) is 25.0 Å². The van der Waals surface area contributed by atoms with E-state index in [9.17, 15) is 4.79 Å². The SMILES string of the molecule is Cc1ccc(C(=O)NCC2CN(CC(C)C)CCO2)s1. The number of morpholine rings is 1. The summed E-state index contributed by atoms with van der Waals surface area (Å²) in [7, 11) is 0. The van der Waals surface area contributed by atoms with Crippen molar-refractivity contribution in [2.45, 2.75) is 26.9 Å². The summed E-state index contributed by atoms with van der Waals surface area (Å²) < 4.78 is 5.73. The third-order valence-electron chi connectivity index (χ3n) is 3.30. The van der Waals surface area contributed by atoms with Crippen LogP contribution in [-0.2, 0) is 4.74 Å². The maximum Gasteiger partial charge on any atom is 0.261 e. The van der Waals surface area contributed by atoms with Gasteiger partial charge in [0.2, 0.25) is 0 Å². The molecule has 0 aromatic carbocycles. The summed E-state index contributed by atoms with van der Waals surface area (Å²) in [6.45, 7) is 10.8. The molecule has 1 aliphatic rings. The number of carbonyl (C=O) groups excluding carboxylic acids is 1. The zero-order valence-corrected chi connectivity index (χ0v) is 13.3. The van der Waals surface area contributed by atoms with E-state index in [1.54, 1.807) is 0 Å². The van der Waals surface area contributed by atoms with Crippen molar-refractivity contribution in [1.82, 2.24) is 10.2 Å². The summed E-state index contributed by atoms with van der Waals surface area (Å²) >= 11 is 1.53. The van der Waals surface area contributed by atoms with E-state index >= 15 is 0 Å². The van der Waals surface area contributed by atoms with Gasteiger partial charge in [0.1, 0.15) is 0 Å². The molecule has 2 rings (SSSR count). The molecule has 1 saturated heterocycles. The van der Waals surface area contributed by atoms with Crippen molar-refractivity contribution in [3.63, 3.8) is 0 Å². The Bertz CT molecular complexity index is 445. The van der Waals surface area contributed by atoms with Gasteiger partial charge >= 0.3 is 0 Å². The molecule has 1 aromatic rings. The molecule has 1 fully saturated rings. The quantitative estimate of drug-likeness (QED) is 0.905. The fraction of sp³-hybridized carbons (Fsp3) is 0.667. The van der Waals surface area contributed by atoms with Crippen LogP contribution in [0.25, 0.3) is 0 Å². The van der Waals surface area contributed by atoms with Gasteiger partial charge in [-0.2, -0.15) is 0 Å². The number of nitrogens with one attached hydrogen (secondary N) is 1. The van der Waals surface area contributed by atoms with Crippen molar-refractivity contribution in [1.29, 1.82) is 0 Å². The van der Waals surface area contributed by atoms with Crippen molar-refractivity contribution in [2.24, 2.45) is 5.92 Å². The van der Waals surface area contributed by atoms with E-state index in [1.807, 2.05) is 19.1 Å². The first-order chi connectivity index (χ1) is 9.54. The maximum absolute atomic E-state index is 12.0. The van der Waals surface area contributed by atoms with Gasteiger partial charge in [-0.1, -0.05) is 13.8 Å². The van der Waals surface area contributed by atoms with Gasteiger partial charge < -0.3 is 10.1 Å². The van der Waals surface area contributed by atoms with Crippen LogP contribution in [0.15, 0.2) is 12.1 Å². The van der Waals surface area contributed by atoms with Crippen LogP contribution in [0.1, 0.15) is 28.4 Å². The second-order valence-electron chi connectivity index (χ2n) is 5.77. The minimum atomic E-state index is 0.00711. The molecule has 2 heterocycles. The number of hydrogen-bond acceptors (Lipinski definition) is 4. The lowest BCUT2D eigenvalue weighted by Gasteiger charge is -2.33. The monoisotopic (exact) mass is 296 g/mol. The fourth-order valence-electron chi connectivity index (χ4n) is 2.44. The zero-order chi connectivity index (χ0) is 14.5. The first-order valence-electron chi connectivity index (χ1n) is 7.23. The van der Waals surface area contributed by atoms with Crippen LogP contribution in [0.5, 0.6) is 0 Å². The largest absolute Gasteiger partial charge is 0.374 e. The summed E-state index contributed by atoms with van der Waals surface area (Å²) in [5.41, 5.74) is 0. The molecule has 4 nitrogen and oxygen atoms in total. The van der Waals surface area contributed by atoms with E-state index in [2.05, 4.69) is 24.1 Å². The van der Waals surface area contributed by atoms with Crippen LogP contribution >= 0.6 is 11.3 Å². The molecular weight excluding hydrogens is 272 g/mol. The second kappa shape index (κ2) is 7.20. The van der Waals surface area contributed by atoms with E-state index in [0.29, 0.717) is 12.5 Å². The van der Waals surface area contributed by atoms with E-state index in [-0.39, 0.29) is 12.0 Å². The lowest BCUT2D eigenvalue weighted by Crippen LogP contribution is -2.48. The molecule has 0 radical (unpaired) electrons. The number of nitrogens with zero attached hydrogens (tertiary/aromatic N) is 1. The third-order valence-corrected chi connectivity index (χ3v) is 4.30. The van der Waals surface area contributed by atoms with Gasteiger partial charge in [-0.3, -0.25) is 9.69 Å². The molecule has 5 heteroatoms. The smallest absolute Gasteiger partial charge is 0.261 e. The minimum absolute atomic E-state index is 0.00711. The van der Waals surface area contributed by atoms with Gasteiger partial charge in [0, 0.05) is 31.1 Å². The standard InChI is InChI=1S/C15H24N2O2S/c1-11(2)9-17-6-7-19-13(10-17)8-16-15(18)14-5-4-12(3)20-14/h4-5,11,13H,6-10H2,1-3H3,(H,16,18). The van der Waals surface area contributed by atoms with Crippen molar-refractivity contribution in [2.75, 3.05) is 32.8 Å². The Kier molecular flexibility index (Phi) is 5.57. The van der Waals surface area contributed by atoms with E-state index in [4.69, 9.17) is 4.74 Å². The zero-order valence-electron chi connectivity index (χ0n) is 12.5. The third kappa shape index (κ3) is 4.58. The van der Waals surface area contributed by atoms with Gasteiger partial charge in [0.25, 0.3) is 5.91 Å². The summed E-state index contributed by atoms with van der Waals surface area (Å²) in [6, 6.07) is 3.85. The summed E-state index contributed by atoms with van der Waals surface area (Å²) in [5.74, 6) is 0.671. The lowest BCUT2D eigenvalue weighted by molar-refractivity contribution is -0.0295. The Balaban J connectivity index is 1.77. The number of aryl methyl sites for hydroxylation is 1. The molecule has 0 spiro atoms. The average Bonchev–Trinajstić information content (AvgIpc) is 2.82. The molecule has 0 saturated carbocycles. The van der Waals surface area contributed by atoms with Crippen LogP contribution in [0.2, 0.25) is 0 Å². The predicted octanol–water partition coefficient (Wildman–Crippen LogP) is 2.14. The summed E-state index contributed by atoms with van der Waals surface area (Å²) in [6.07, 6.45) is 0.104. The lowest BCUT2D eigenvalue weighted by atomic mass is 10.2. The highest BCUT2D eigenvalue weighted by molar-refractivity contribution is 7.13. The molecule has 0 aliphatic carbocycles. The average molecular weight is 296 g/mol. The molecule has 1 aliphatic heterocycles. The normalized spacial score (nSPS) is 20.3. The molecule has 0 bridgehead atoms. The highest BCUT2D eigenvalue weighted by Crippen LogP contribution is 2.15. The predicted molar refractivity (Wildman–Crippen MR) is 82.4 cm³/mol. The van der Waals surface area contributed by atoms with E-state index in [1.165, 1.54) is 11.3 Å². The van der Waals surface area contributed by atoms with Crippen molar-refractivity contribution in [3.05, 3.63) is 21.9 Å². The summed E-state index contributed by atoms with van der Waals surface area (Å²) in [4.78, 5) is 16.3. The summed E-state index contributed by atoms with van der Waals surface area (Å²) in [5, 5.41) is 2.98. The fourth-order valence-corrected chi connectivity index (χ4v) is 3.22. The molecular formula is C15H24N2O2S. The topological polar surface area (TPSA) is 41.6 Å². The highest BCUT2D eigenvalue weighted by atomic mass is 32.1. The van der Waals surface area contributed by atoms with E-state index in [0.717, 1.165) is 36.0 Å². The molecule has 1 amide bonds. The molecule has 1 aromatic heterocycles. The molecule has 1 N–H and O–H groups in total. The van der Waals surface area contributed by atoms with Gasteiger partial charge in [-0.15, -0.1) is 11.3 Å². The Morgan fingerprint density at radius 3 is 3.00 bits per heavy atom. The molecule has 112 valence electrons. The second-order valence-corrected chi connectivity index (χ2v) is 7.05. The van der Waals surface area contributed by atoms with Gasteiger partial charge in [0.05, 0.1) is 17.6 Å². The van der Waals surface area contributed by atoms with Crippen molar-refractivity contribution >= 4 is 17.2 Å². The number of ether oxygens (including phenoxy) is 1. The molecule has 1 atom stereocenters. The number of carbonyl (C=O) groups is 1. The Labute approximate surface area is 125 Å². The van der Waals surface area contributed by atoms with E-state index < -0.39 is 0 Å². The Hall–Kier alpha value is -0.910. The number of amides is 1. The van der Waals surface area contributed by atoms with Crippen LogP contribution in [-0.4, -0.2) is 49.7 Å². The number of rotatable bonds is 5. The number of thiophene rings is 1. The van der Waals surface area contributed by atoms with Crippen LogP contribution in [0.4, 0.5) is 0 Å². The van der Waals surface area contributed by atoms with Crippen LogP contribution < -0.4 is 5.32 Å². The molecule has 20 heavy (non-hydrogen) atoms. The van der Waals surface area contributed by atoms with Crippen molar-refractivity contribution in [3.8, 4) is 0 Å². The Morgan fingerprint density at radius 2 is 2.35 bits per heavy atom. The van der Waals surface area contributed by atoms with Gasteiger partial charge in [-0.25, -0.2) is 0 Å². The van der Waals surface area contributed by atoms with Gasteiger partial charge in [0.15, 0.2) is 0 Å². The van der Waals surface area contributed by atoms with Crippen molar-refractivity contribution < 1.29 is 9.53 Å². The van der Waals surface area contributed by atoms with Crippen LogP contribution in [0.3, 0.4) is 0 Å². The number of hydrogen-bond donors (Lipinski definition) is 1. The first kappa shape index (κ1) is 15.5. The maximum atomic E-state index is 12.0. The minimum Gasteiger partial charge on any atom is -0.374 e. The molecule has 1 unspecified atom stereocenters. The Morgan fingerprint density at radius 1 is 1.55 bits per heavy atom. The van der Waals surface area contributed by atoms with Crippen LogP contribution in [0, 0.1) is 12.8 Å².